The molecule has 5 nitrogen and oxygen atoms in total. The van der Waals surface area contributed by atoms with Gasteiger partial charge in [-0.1, -0.05) is 30.6 Å². The van der Waals surface area contributed by atoms with Crippen LogP contribution in [0.1, 0.15) is 66.4 Å². The van der Waals surface area contributed by atoms with Gasteiger partial charge in [-0.05, 0) is 57.6 Å². The molecule has 1 heterocycles. The number of carbonyl (C=O) groups excluding carboxylic acids is 1. The van der Waals surface area contributed by atoms with E-state index in [1.54, 1.807) is 0 Å². The van der Waals surface area contributed by atoms with Crippen LogP contribution in [0.15, 0.2) is 28.8 Å². The lowest BCUT2D eigenvalue weighted by atomic mass is 9.84. The third-order valence-electron chi connectivity index (χ3n) is 5.44. The molecule has 0 atom stereocenters. The Morgan fingerprint density at radius 1 is 1.23 bits per heavy atom. The van der Waals surface area contributed by atoms with E-state index in [1.807, 2.05) is 38.1 Å². The Morgan fingerprint density at radius 2 is 1.96 bits per heavy atom. The van der Waals surface area contributed by atoms with Gasteiger partial charge in [0, 0.05) is 6.04 Å². The summed E-state index contributed by atoms with van der Waals surface area (Å²) in [6.45, 7) is 6.34. The van der Waals surface area contributed by atoms with Gasteiger partial charge in [-0.15, -0.1) is 0 Å². The molecule has 1 aliphatic carbocycles. The number of rotatable bonds is 6. The molecule has 1 fully saturated rings. The Balaban J connectivity index is 1.64. The number of nitrogens with one attached hydrogen (secondary N) is 1. The Bertz CT molecular complexity index is 726. The van der Waals surface area contributed by atoms with Crippen LogP contribution in [0.25, 0.3) is 0 Å². The van der Waals surface area contributed by atoms with Gasteiger partial charge >= 0.3 is 0 Å². The van der Waals surface area contributed by atoms with Crippen molar-refractivity contribution in [1.82, 2.24) is 10.5 Å². The fourth-order valence-corrected chi connectivity index (χ4v) is 3.62. The average molecular weight is 356 g/mol. The second-order valence-electron chi connectivity index (χ2n) is 7.19. The molecule has 140 valence electrons. The van der Waals surface area contributed by atoms with E-state index in [2.05, 4.69) is 17.4 Å². The summed E-state index contributed by atoms with van der Waals surface area (Å²) in [5.74, 6) is 2.09. The molecule has 1 N–H and O–H groups in total. The van der Waals surface area contributed by atoms with Gasteiger partial charge in [0.15, 0.2) is 0 Å². The molecular weight excluding hydrogens is 328 g/mol. The second kappa shape index (κ2) is 8.39. The van der Waals surface area contributed by atoms with E-state index in [0.717, 1.165) is 35.8 Å². The normalized spacial score (nSPS) is 20.0. The van der Waals surface area contributed by atoms with Crippen LogP contribution in [0, 0.1) is 19.8 Å². The molecule has 26 heavy (non-hydrogen) atoms. The molecule has 1 amide bonds. The smallest absolute Gasteiger partial charge is 0.255 e. The molecule has 0 unspecified atom stereocenters. The SMILES string of the molecule is CCC1CCC(NC(=O)c2ccccc2OCc2c(C)noc2C)CC1. The maximum absolute atomic E-state index is 12.8. The summed E-state index contributed by atoms with van der Waals surface area (Å²) in [7, 11) is 0. The minimum atomic E-state index is -0.0562. The van der Waals surface area contributed by atoms with Crippen LogP contribution < -0.4 is 10.1 Å². The average Bonchev–Trinajstić information content (AvgIpc) is 2.98. The van der Waals surface area contributed by atoms with Crippen molar-refractivity contribution >= 4 is 5.91 Å². The number of nitrogens with zero attached hydrogens (tertiary/aromatic N) is 1. The molecule has 1 aliphatic rings. The maximum Gasteiger partial charge on any atom is 0.255 e. The van der Waals surface area contributed by atoms with Gasteiger partial charge in [0.2, 0.25) is 0 Å². The summed E-state index contributed by atoms with van der Waals surface area (Å²) in [6.07, 6.45) is 5.76. The van der Waals surface area contributed by atoms with Gasteiger partial charge in [0.05, 0.1) is 16.8 Å². The summed E-state index contributed by atoms with van der Waals surface area (Å²) < 4.78 is 11.1. The van der Waals surface area contributed by atoms with Crippen molar-refractivity contribution in [3.05, 3.63) is 46.8 Å². The number of hydrogen-bond donors (Lipinski definition) is 1. The van der Waals surface area contributed by atoms with Gasteiger partial charge in [-0.2, -0.15) is 0 Å². The first-order valence-corrected chi connectivity index (χ1v) is 9.53. The van der Waals surface area contributed by atoms with Crippen LogP contribution in [-0.4, -0.2) is 17.1 Å². The Kier molecular flexibility index (Phi) is 5.96. The van der Waals surface area contributed by atoms with Crippen LogP contribution in [0.3, 0.4) is 0 Å². The first kappa shape index (κ1) is 18.5. The topological polar surface area (TPSA) is 64.4 Å². The van der Waals surface area contributed by atoms with Gasteiger partial charge < -0.3 is 14.6 Å². The van der Waals surface area contributed by atoms with Crippen molar-refractivity contribution < 1.29 is 14.1 Å². The Morgan fingerprint density at radius 3 is 2.62 bits per heavy atom. The maximum atomic E-state index is 12.8. The fourth-order valence-electron chi connectivity index (χ4n) is 3.62. The third-order valence-corrected chi connectivity index (χ3v) is 5.44. The highest BCUT2D eigenvalue weighted by atomic mass is 16.5. The molecule has 1 aromatic heterocycles. The number of amides is 1. The number of ether oxygens (including phenoxy) is 1. The molecule has 5 heteroatoms. The highest BCUT2D eigenvalue weighted by Crippen LogP contribution is 2.27. The van der Waals surface area contributed by atoms with Gasteiger partial charge in [0.1, 0.15) is 18.1 Å². The summed E-state index contributed by atoms with van der Waals surface area (Å²) in [5, 5.41) is 7.13. The summed E-state index contributed by atoms with van der Waals surface area (Å²) in [4.78, 5) is 12.8. The molecule has 0 bridgehead atoms. The van der Waals surface area contributed by atoms with E-state index in [0.29, 0.717) is 17.9 Å². The molecule has 2 aromatic rings. The highest BCUT2D eigenvalue weighted by Gasteiger charge is 2.23. The fraction of sp³-hybridized carbons (Fsp3) is 0.524. The molecule has 1 aromatic carbocycles. The Labute approximate surface area is 155 Å². The summed E-state index contributed by atoms with van der Waals surface area (Å²) >= 11 is 0. The minimum Gasteiger partial charge on any atom is -0.488 e. The van der Waals surface area contributed by atoms with Crippen LogP contribution >= 0.6 is 0 Å². The van der Waals surface area contributed by atoms with E-state index in [-0.39, 0.29) is 11.9 Å². The zero-order valence-electron chi connectivity index (χ0n) is 15.9. The van der Waals surface area contributed by atoms with Gasteiger partial charge in [-0.3, -0.25) is 4.79 Å². The minimum absolute atomic E-state index is 0.0562. The summed E-state index contributed by atoms with van der Waals surface area (Å²) in [5.41, 5.74) is 2.33. The molecule has 0 aliphatic heterocycles. The van der Waals surface area contributed by atoms with Crippen molar-refractivity contribution in [2.45, 2.75) is 65.5 Å². The molecule has 3 rings (SSSR count). The number of carbonyl (C=O) groups is 1. The van der Waals surface area contributed by atoms with Gasteiger partial charge in [0.25, 0.3) is 5.91 Å². The first-order chi connectivity index (χ1) is 12.6. The van der Waals surface area contributed by atoms with E-state index in [9.17, 15) is 4.79 Å². The van der Waals surface area contributed by atoms with Gasteiger partial charge in [-0.25, -0.2) is 0 Å². The predicted molar refractivity (Wildman–Crippen MR) is 100 cm³/mol. The van der Waals surface area contributed by atoms with E-state index >= 15 is 0 Å². The zero-order chi connectivity index (χ0) is 18.5. The number of para-hydroxylation sites is 1. The van der Waals surface area contributed by atoms with Crippen LogP contribution in [0.5, 0.6) is 5.75 Å². The molecule has 0 saturated heterocycles. The number of aryl methyl sites for hydroxylation is 2. The van der Waals surface area contributed by atoms with Crippen molar-refractivity contribution in [1.29, 1.82) is 0 Å². The number of aromatic nitrogens is 1. The first-order valence-electron chi connectivity index (χ1n) is 9.53. The van der Waals surface area contributed by atoms with Crippen molar-refractivity contribution in [2.24, 2.45) is 5.92 Å². The largest absolute Gasteiger partial charge is 0.488 e. The van der Waals surface area contributed by atoms with Crippen LogP contribution in [0.2, 0.25) is 0 Å². The van der Waals surface area contributed by atoms with Crippen LogP contribution in [-0.2, 0) is 6.61 Å². The lowest BCUT2D eigenvalue weighted by Crippen LogP contribution is -2.37. The van der Waals surface area contributed by atoms with E-state index in [1.165, 1.54) is 19.3 Å². The van der Waals surface area contributed by atoms with Crippen molar-refractivity contribution in [2.75, 3.05) is 0 Å². The lowest BCUT2D eigenvalue weighted by Gasteiger charge is -2.28. The standard InChI is InChI=1S/C21H28N2O3/c1-4-16-9-11-17(12-10-16)22-21(24)18-7-5-6-8-20(18)25-13-19-14(2)23-26-15(19)3/h5-8,16-17H,4,9-13H2,1-3H3,(H,22,24). The van der Waals surface area contributed by atoms with Crippen LogP contribution in [0.4, 0.5) is 0 Å². The number of benzene rings is 1. The van der Waals surface area contributed by atoms with E-state index < -0.39 is 0 Å². The molecule has 1 saturated carbocycles. The lowest BCUT2D eigenvalue weighted by molar-refractivity contribution is 0.0917. The molecule has 0 radical (unpaired) electrons. The zero-order valence-corrected chi connectivity index (χ0v) is 15.9. The number of hydrogen-bond acceptors (Lipinski definition) is 4. The van der Waals surface area contributed by atoms with Crippen molar-refractivity contribution in [3.8, 4) is 5.75 Å². The monoisotopic (exact) mass is 356 g/mol. The second-order valence-corrected chi connectivity index (χ2v) is 7.19. The quantitative estimate of drug-likeness (QED) is 0.823. The summed E-state index contributed by atoms with van der Waals surface area (Å²) in [6, 6.07) is 7.66. The van der Waals surface area contributed by atoms with Crippen molar-refractivity contribution in [3.63, 3.8) is 0 Å². The Hall–Kier alpha value is -2.30. The van der Waals surface area contributed by atoms with E-state index in [4.69, 9.17) is 9.26 Å². The third kappa shape index (κ3) is 4.26. The predicted octanol–water partition coefficient (Wildman–Crippen LogP) is 4.57. The molecular formula is C21H28N2O3. The molecule has 0 spiro atoms. The highest BCUT2D eigenvalue weighted by molar-refractivity contribution is 5.97.